The normalized spacial score (nSPS) is 25.0. The van der Waals surface area contributed by atoms with Crippen LogP contribution in [0.1, 0.15) is 21.7 Å². The average Bonchev–Trinajstić information content (AvgIpc) is 2.64. The van der Waals surface area contributed by atoms with Gasteiger partial charge >= 0.3 is 0 Å². The summed E-state index contributed by atoms with van der Waals surface area (Å²) in [5, 5.41) is 0. The summed E-state index contributed by atoms with van der Waals surface area (Å²) in [5.74, 6) is 0.438. The summed E-state index contributed by atoms with van der Waals surface area (Å²) in [6.07, 6.45) is 1.95. The monoisotopic (exact) mass is 328 g/mol. The van der Waals surface area contributed by atoms with Crippen molar-refractivity contribution in [1.29, 1.82) is 0 Å². The van der Waals surface area contributed by atoms with Crippen LogP contribution in [0.5, 0.6) is 0 Å². The van der Waals surface area contributed by atoms with Gasteiger partial charge in [-0.2, -0.15) is 0 Å². The molecule has 4 rings (SSSR count). The summed E-state index contributed by atoms with van der Waals surface area (Å²) >= 11 is 0. The van der Waals surface area contributed by atoms with Crippen LogP contribution in [-0.4, -0.2) is 71.0 Å². The molecule has 1 amide bonds. The highest BCUT2D eigenvalue weighted by molar-refractivity contribution is 5.95. The molecule has 128 valence electrons. The maximum Gasteiger partial charge on any atom is 0.273 e. The molecule has 0 N–H and O–H groups in total. The average molecular weight is 328 g/mol. The fraction of sp³-hybridized carbons (Fsp3) is 0.556. The minimum absolute atomic E-state index is 0.0691. The summed E-state index contributed by atoms with van der Waals surface area (Å²) in [4.78, 5) is 22.3. The fourth-order valence-corrected chi connectivity index (χ4v) is 3.98. The zero-order chi connectivity index (χ0) is 16.8. The molecular weight excluding hydrogens is 304 g/mol. The number of pyridine rings is 1. The van der Waals surface area contributed by atoms with E-state index in [1.165, 1.54) is 0 Å². The second-order valence-corrected chi connectivity index (χ2v) is 7.21. The first-order valence-electron chi connectivity index (χ1n) is 8.55. The molecule has 0 aromatic carbocycles. The lowest BCUT2D eigenvalue weighted by atomic mass is 10.1. The summed E-state index contributed by atoms with van der Waals surface area (Å²) in [5.41, 5.74) is 3.45. The number of aromatic nitrogens is 2. The number of fused-ring (bicyclic) bond motifs is 4. The predicted octanol–water partition coefficient (Wildman–Crippen LogP) is 1.35. The van der Waals surface area contributed by atoms with Crippen LogP contribution in [0.15, 0.2) is 18.3 Å². The lowest BCUT2D eigenvalue weighted by molar-refractivity contribution is 0.0479. The van der Waals surface area contributed by atoms with Gasteiger partial charge in [0.25, 0.3) is 5.91 Å². The summed E-state index contributed by atoms with van der Waals surface area (Å²) < 4.78 is 7.72. The molecule has 6 nitrogen and oxygen atoms in total. The number of likely N-dealkylation sites (N-methyl/N-ethyl adjacent to an activating group) is 1. The van der Waals surface area contributed by atoms with E-state index in [4.69, 9.17) is 4.74 Å². The molecule has 4 heterocycles. The van der Waals surface area contributed by atoms with Gasteiger partial charge in [-0.15, -0.1) is 0 Å². The van der Waals surface area contributed by atoms with Gasteiger partial charge in [-0.1, -0.05) is 0 Å². The van der Waals surface area contributed by atoms with Crippen LogP contribution in [0.25, 0.3) is 5.65 Å². The number of carbonyl (C=O) groups excluding carboxylic acids is 1. The van der Waals surface area contributed by atoms with Gasteiger partial charge < -0.3 is 14.5 Å². The highest BCUT2D eigenvalue weighted by Crippen LogP contribution is 2.23. The molecule has 0 saturated carbocycles. The molecule has 2 bridgehead atoms. The number of ether oxygens (including phenoxy) is 1. The SMILES string of the molecule is Cc1ccn2c(C(=O)N3C[C@H]4COC[C@@H]3CN(C)C4)c(C)nc2c1. The molecule has 2 aromatic rings. The highest BCUT2D eigenvalue weighted by Gasteiger charge is 2.36. The van der Waals surface area contributed by atoms with Crippen molar-refractivity contribution in [1.82, 2.24) is 19.2 Å². The molecule has 2 fully saturated rings. The Labute approximate surface area is 142 Å². The maximum absolute atomic E-state index is 13.4. The Hall–Kier alpha value is -1.92. The number of imidazole rings is 1. The largest absolute Gasteiger partial charge is 0.379 e. The van der Waals surface area contributed by atoms with E-state index >= 15 is 0 Å². The third kappa shape index (κ3) is 2.59. The van der Waals surface area contributed by atoms with Crippen molar-refractivity contribution < 1.29 is 9.53 Å². The van der Waals surface area contributed by atoms with Crippen LogP contribution in [0, 0.1) is 19.8 Å². The van der Waals surface area contributed by atoms with Gasteiger partial charge in [0.1, 0.15) is 11.3 Å². The van der Waals surface area contributed by atoms with E-state index in [0.717, 1.165) is 43.1 Å². The molecule has 2 aliphatic rings. The maximum atomic E-state index is 13.4. The fourth-order valence-electron chi connectivity index (χ4n) is 3.98. The third-order valence-electron chi connectivity index (χ3n) is 5.07. The molecule has 0 radical (unpaired) electrons. The Bertz CT molecular complexity index is 785. The molecule has 0 unspecified atom stereocenters. The van der Waals surface area contributed by atoms with Crippen molar-refractivity contribution in [3.8, 4) is 0 Å². The number of hydrogen-bond donors (Lipinski definition) is 0. The van der Waals surface area contributed by atoms with Gasteiger partial charge in [0.05, 0.1) is 24.9 Å². The smallest absolute Gasteiger partial charge is 0.273 e. The number of carbonyl (C=O) groups is 1. The van der Waals surface area contributed by atoms with Crippen LogP contribution in [0.2, 0.25) is 0 Å². The minimum Gasteiger partial charge on any atom is -0.379 e. The predicted molar refractivity (Wildman–Crippen MR) is 91.3 cm³/mol. The highest BCUT2D eigenvalue weighted by atomic mass is 16.5. The second kappa shape index (κ2) is 5.86. The van der Waals surface area contributed by atoms with E-state index < -0.39 is 0 Å². The van der Waals surface area contributed by atoms with Gasteiger partial charge in [-0.3, -0.25) is 9.20 Å². The Morgan fingerprint density at radius 3 is 2.92 bits per heavy atom. The zero-order valence-electron chi connectivity index (χ0n) is 14.5. The molecular formula is C18H24N4O2. The minimum atomic E-state index is 0.0691. The van der Waals surface area contributed by atoms with Gasteiger partial charge in [0.15, 0.2) is 0 Å². The summed E-state index contributed by atoms with van der Waals surface area (Å²) in [7, 11) is 2.13. The number of hydrogen-bond acceptors (Lipinski definition) is 4. The first-order chi connectivity index (χ1) is 11.5. The van der Waals surface area contributed by atoms with Crippen molar-refractivity contribution in [3.63, 3.8) is 0 Å². The molecule has 6 heteroatoms. The van der Waals surface area contributed by atoms with Crippen molar-refractivity contribution in [2.75, 3.05) is 39.9 Å². The van der Waals surface area contributed by atoms with Crippen molar-refractivity contribution >= 4 is 11.6 Å². The molecule has 2 atom stereocenters. The first kappa shape index (κ1) is 15.6. The second-order valence-electron chi connectivity index (χ2n) is 7.21. The number of aryl methyl sites for hydroxylation is 2. The van der Waals surface area contributed by atoms with Crippen LogP contribution in [-0.2, 0) is 4.74 Å². The molecule has 24 heavy (non-hydrogen) atoms. The van der Waals surface area contributed by atoms with Gasteiger partial charge in [0, 0.05) is 31.7 Å². The molecule has 2 aromatic heterocycles. The van der Waals surface area contributed by atoms with E-state index in [-0.39, 0.29) is 11.9 Å². The van der Waals surface area contributed by atoms with Gasteiger partial charge in [-0.25, -0.2) is 4.98 Å². The number of nitrogens with zero attached hydrogens (tertiary/aromatic N) is 4. The number of amides is 1. The quantitative estimate of drug-likeness (QED) is 0.793. The topological polar surface area (TPSA) is 50.1 Å². The van der Waals surface area contributed by atoms with Crippen LogP contribution in [0.4, 0.5) is 0 Å². The summed E-state index contributed by atoms with van der Waals surface area (Å²) in [6, 6.07) is 4.13. The van der Waals surface area contributed by atoms with Crippen LogP contribution >= 0.6 is 0 Å². The Kier molecular flexibility index (Phi) is 3.81. The van der Waals surface area contributed by atoms with Crippen molar-refractivity contribution in [2.24, 2.45) is 5.92 Å². The Morgan fingerprint density at radius 2 is 2.08 bits per heavy atom. The van der Waals surface area contributed by atoms with Gasteiger partial charge in [-0.05, 0) is 38.6 Å². The van der Waals surface area contributed by atoms with Crippen molar-refractivity contribution in [3.05, 3.63) is 35.3 Å². The van der Waals surface area contributed by atoms with E-state index in [1.54, 1.807) is 0 Å². The third-order valence-corrected chi connectivity index (χ3v) is 5.07. The van der Waals surface area contributed by atoms with Crippen LogP contribution < -0.4 is 0 Å². The Morgan fingerprint density at radius 1 is 1.25 bits per heavy atom. The van der Waals surface area contributed by atoms with Crippen LogP contribution in [0.3, 0.4) is 0 Å². The van der Waals surface area contributed by atoms with E-state index in [1.807, 2.05) is 41.5 Å². The molecule has 2 aliphatic heterocycles. The zero-order valence-corrected chi connectivity index (χ0v) is 14.5. The summed E-state index contributed by atoms with van der Waals surface area (Å²) in [6.45, 7) is 7.89. The Balaban J connectivity index is 1.74. The lowest BCUT2D eigenvalue weighted by Gasteiger charge is -2.29. The van der Waals surface area contributed by atoms with Gasteiger partial charge in [0.2, 0.25) is 0 Å². The number of rotatable bonds is 1. The lowest BCUT2D eigenvalue weighted by Crippen LogP contribution is -2.46. The standard InChI is InChI=1S/C18H24N4O2/c1-12-4-5-21-16(6-12)19-13(2)17(21)18(23)22-8-14-7-20(3)9-15(22)11-24-10-14/h4-6,14-15H,7-11H2,1-3H3/t14-,15-/m0/s1. The van der Waals surface area contributed by atoms with Crippen molar-refractivity contribution in [2.45, 2.75) is 19.9 Å². The molecule has 0 spiro atoms. The van der Waals surface area contributed by atoms with E-state index in [0.29, 0.717) is 18.2 Å². The van der Waals surface area contributed by atoms with E-state index in [2.05, 4.69) is 16.9 Å². The van der Waals surface area contributed by atoms with E-state index in [9.17, 15) is 4.79 Å². The molecule has 2 saturated heterocycles. The first-order valence-corrected chi connectivity index (χ1v) is 8.55. The molecule has 0 aliphatic carbocycles.